The van der Waals surface area contributed by atoms with Crippen molar-refractivity contribution < 1.29 is 0 Å². The Balaban J connectivity index is 1.85. The van der Waals surface area contributed by atoms with Crippen molar-refractivity contribution in [2.75, 3.05) is 0 Å². The van der Waals surface area contributed by atoms with Gasteiger partial charge in [-0.1, -0.05) is 24.3 Å². The summed E-state index contributed by atoms with van der Waals surface area (Å²) in [5, 5.41) is 10.2. The first-order valence-corrected chi connectivity index (χ1v) is 11.2. The van der Waals surface area contributed by atoms with E-state index in [0.717, 1.165) is 41.5 Å². The Morgan fingerprint density at radius 1 is 1.06 bits per heavy atom. The predicted molar refractivity (Wildman–Crippen MR) is 123 cm³/mol. The van der Waals surface area contributed by atoms with E-state index in [2.05, 4.69) is 6.07 Å². The second-order valence-electron chi connectivity index (χ2n) is 8.08. The summed E-state index contributed by atoms with van der Waals surface area (Å²) >= 11 is 1.55. The highest BCUT2D eigenvalue weighted by atomic mass is 32.1. The largest absolute Gasteiger partial charge is 0.337 e. The fraction of sp³-hybridized carbons (Fsp3) is 0.240. The highest BCUT2D eigenvalue weighted by molar-refractivity contribution is 7.18. The summed E-state index contributed by atoms with van der Waals surface area (Å²) in [4.78, 5) is 29.2. The molecule has 2 heterocycles. The highest BCUT2D eigenvalue weighted by Gasteiger charge is 2.25. The molecule has 1 aliphatic carbocycles. The van der Waals surface area contributed by atoms with Gasteiger partial charge in [0.25, 0.3) is 5.56 Å². The molecule has 0 bridgehead atoms. The van der Waals surface area contributed by atoms with E-state index in [9.17, 15) is 14.9 Å². The maximum absolute atomic E-state index is 13.7. The summed E-state index contributed by atoms with van der Waals surface area (Å²) in [6.07, 6.45) is 2.85. The Morgan fingerprint density at radius 2 is 1.87 bits per heavy atom. The highest BCUT2D eigenvalue weighted by Crippen LogP contribution is 2.35. The van der Waals surface area contributed by atoms with Crippen molar-refractivity contribution in [3.8, 4) is 11.8 Å². The number of hydrogen-bond acceptors (Lipinski definition) is 4. The Morgan fingerprint density at radius 3 is 2.65 bits per heavy atom. The fourth-order valence-corrected chi connectivity index (χ4v) is 5.75. The van der Waals surface area contributed by atoms with Gasteiger partial charge in [0.1, 0.15) is 4.83 Å². The molecule has 6 heteroatoms. The molecule has 4 aromatic rings. The van der Waals surface area contributed by atoms with Gasteiger partial charge >= 0.3 is 5.69 Å². The lowest BCUT2D eigenvalue weighted by Gasteiger charge is -2.14. The SMILES string of the molecule is Cc1ccc(-n2c(=O)c3c4c(sc3n(Cc3ccccc3C#N)c2=O)CCC4)cc1C. The zero-order valence-corrected chi connectivity index (χ0v) is 18.3. The number of rotatable bonds is 3. The van der Waals surface area contributed by atoms with Gasteiger partial charge in [0.05, 0.1) is 29.3 Å². The third kappa shape index (κ3) is 3.05. The Kier molecular flexibility index (Phi) is 4.64. The first-order chi connectivity index (χ1) is 15.0. The maximum atomic E-state index is 13.7. The van der Waals surface area contributed by atoms with E-state index in [0.29, 0.717) is 21.5 Å². The zero-order valence-electron chi connectivity index (χ0n) is 17.4. The molecule has 1 aliphatic rings. The van der Waals surface area contributed by atoms with Crippen LogP contribution in [0.5, 0.6) is 0 Å². The van der Waals surface area contributed by atoms with Crippen LogP contribution in [-0.4, -0.2) is 9.13 Å². The van der Waals surface area contributed by atoms with E-state index in [4.69, 9.17) is 0 Å². The number of nitriles is 1. The molecule has 0 spiro atoms. The van der Waals surface area contributed by atoms with Crippen LogP contribution in [0.3, 0.4) is 0 Å². The average molecular weight is 428 g/mol. The van der Waals surface area contributed by atoms with E-state index >= 15 is 0 Å². The lowest BCUT2D eigenvalue weighted by molar-refractivity contribution is 0.717. The zero-order chi connectivity index (χ0) is 21.7. The summed E-state index contributed by atoms with van der Waals surface area (Å²) < 4.78 is 2.97. The quantitative estimate of drug-likeness (QED) is 0.491. The van der Waals surface area contributed by atoms with Gasteiger partial charge < -0.3 is 0 Å². The number of benzene rings is 2. The van der Waals surface area contributed by atoms with Crippen LogP contribution in [0.1, 0.15) is 39.1 Å². The molecular weight excluding hydrogens is 406 g/mol. The van der Waals surface area contributed by atoms with Crippen LogP contribution in [0.2, 0.25) is 0 Å². The lowest BCUT2D eigenvalue weighted by Crippen LogP contribution is -2.39. The third-order valence-electron chi connectivity index (χ3n) is 6.20. The molecule has 0 aliphatic heterocycles. The van der Waals surface area contributed by atoms with Crippen molar-refractivity contribution in [3.05, 3.63) is 96.0 Å². The molecule has 0 radical (unpaired) electrons. The molecule has 31 heavy (non-hydrogen) atoms. The molecule has 0 saturated carbocycles. The van der Waals surface area contributed by atoms with Crippen molar-refractivity contribution in [2.24, 2.45) is 0 Å². The molecule has 5 nitrogen and oxygen atoms in total. The number of nitrogens with zero attached hydrogens (tertiary/aromatic N) is 3. The molecule has 0 unspecified atom stereocenters. The summed E-state index contributed by atoms with van der Waals surface area (Å²) in [7, 11) is 0. The van der Waals surface area contributed by atoms with Crippen LogP contribution in [0, 0.1) is 25.2 Å². The molecular formula is C25H21N3O2S. The number of thiophene rings is 1. The number of aromatic nitrogens is 2. The average Bonchev–Trinajstić information content (AvgIpc) is 3.35. The Labute approximate surface area is 183 Å². The third-order valence-corrected chi connectivity index (χ3v) is 7.52. The molecule has 0 fully saturated rings. The van der Waals surface area contributed by atoms with Crippen LogP contribution < -0.4 is 11.2 Å². The van der Waals surface area contributed by atoms with Gasteiger partial charge in [-0.05, 0) is 73.6 Å². The van der Waals surface area contributed by atoms with Crippen molar-refractivity contribution in [1.82, 2.24) is 9.13 Å². The second-order valence-corrected chi connectivity index (χ2v) is 9.17. The molecule has 2 aromatic heterocycles. The van der Waals surface area contributed by atoms with E-state index in [1.807, 2.05) is 50.2 Å². The number of fused-ring (bicyclic) bond motifs is 3. The molecule has 154 valence electrons. The summed E-state index contributed by atoms with van der Waals surface area (Å²) in [5.41, 5.74) is 4.51. The predicted octanol–water partition coefficient (Wildman–Crippen LogP) is 4.24. The van der Waals surface area contributed by atoms with E-state index in [1.54, 1.807) is 22.0 Å². The van der Waals surface area contributed by atoms with Crippen molar-refractivity contribution in [1.29, 1.82) is 5.26 Å². The summed E-state index contributed by atoms with van der Waals surface area (Å²) in [6.45, 7) is 4.24. The minimum Gasteiger partial charge on any atom is -0.279 e. The summed E-state index contributed by atoms with van der Waals surface area (Å²) in [5.74, 6) is 0. The first kappa shape index (κ1) is 19.5. The molecule has 0 amide bonds. The number of aryl methyl sites for hydroxylation is 4. The van der Waals surface area contributed by atoms with Crippen molar-refractivity contribution in [2.45, 2.75) is 39.7 Å². The molecule has 0 N–H and O–H groups in total. The van der Waals surface area contributed by atoms with Crippen molar-refractivity contribution >= 4 is 21.6 Å². The van der Waals surface area contributed by atoms with Gasteiger partial charge in [-0.25, -0.2) is 9.36 Å². The molecule has 2 aromatic carbocycles. The molecule has 0 atom stereocenters. The summed E-state index contributed by atoms with van der Waals surface area (Å²) in [6, 6.07) is 15.2. The van der Waals surface area contributed by atoms with Gasteiger partial charge in [-0.3, -0.25) is 9.36 Å². The van der Waals surface area contributed by atoms with E-state index < -0.39 is 0 Å². The van der Waals surface area contributed by atoms with Crippen LogP contribution in [-0.2, 0) is 19.4 Å². The minimum atomic E-state index is -0.367. The number of hydrogen-bond donors (Lipinski definition) is 0. The van der Waals surface area contributed by atoms with Gasteiger partial charge in [0, 0.05) is 4.88 Å². The monoisotopic (exact) mass is 427 g/mol. The maximum Gasteiger partial charge on any atom is 0.337 e. The van der Waals surface area contributed by atoms with Crippen molar-refractivity contribution in [3.63, 3.8) is 0 Å². The van der Waals surface area contributed by atoms with E-state index in [-0.39, 0.29) is 17.8 Å². The standard InChI is InChI=1S/C25H21N3O2S/c1-15-10-11-19(12-16(15)2)28-23(29)22-20-8-5-9-21(20)31-24(22)27(25(28)30)14-18-7-4-3-6-17(18)13-26/h3-4,6-7,10-12H,5,8-9,14H2,1-2H3. The van der Waals surface area contributed by atoms with Crippen LogP contribution in [0.15, 0.2) is 52.1 Å². The van der Waals surface area contributed by atoms with Gasteiger partial charge in [-0.15, -0.1) is 11.3 Å². The second kappa shape index (κ2) is 7.36. The smallest absolute Gasteiger partial charge is 0.279 e. The topological polar surface area (TPSA) is 67.8 Å². The van der Waals surface area contributed by atoms with Crippen LogP contribution >= 0.6 is 11.3 Å². The van der Waals surface area contributed by atoms with Crippen LogP contribution in [0.4, 0.5) is 0 Å². The Bertz CT molecular complexity index is 1520. The Hall–Kier alpha value is -3.43. The first-order valence-electron chi connectivity index (χ1n) is 10.4. The minimum absolute atomic E-state index is 0.243. The van der Waals surface area contributed by atoms with E-state index in [1.165, 1.54) is 9.44 Å². The molecule has 0 saturated heterocycles. The van der Waals surface area contributed by atoms with Crippen LogP contribution in [0.25, 0.3) is 15.9 Å². The fourth-order valence-electron chi connectivity index (χ4n) is 4.38. The van der Waals surface area contributed by atoms with Gasteiger partial charge in [0.15, 0.2) is 0 Å². The van der Waals surface area contributed by atoms with Gasteiger partial charge in [0.2, 0.25) is 0 Å². The van der Waals surface area contributed by atoms with Gasteiger partial charge in [-0.2, -0.15) is 5.26 Å². The molecule has 5 rings (SSSR count). The normalized spacial score (nSPS) is 12.8. The lowest BCUT2D eigenvalue weighted by atomic mass is 10.1.